The smallest absolute Gasteiger partial charge is 0.228 e. The van der Waals surface area contributed by atoms with Crippen LogP contribution in [0, 0.1) is 0 Å². The topological polar surface area (TPSA) is 54.0 Å². The summed E-state index contributed by atoms with van der Waals surface area (Å²) >= 11 is 1.54. The average Bonchev–Trinajstić information content (AvgIpc) is 2.97. The normalized spacial score (nSPS) is 17.4. The number of hydrogen-bond acceptors (Lipinski definition) is 4. The van der Waals surface area contributed by atoms with Crippen LogP contribution in [0.3, 0.4) is 0 Å². The molecule has 0 bridgehead atoms. The number of para-hydroxylation sites is 1. The quantitative estimate of drug-likeness (QED) is 0.902. The fraction of sp³-hybridized carbons (Fsp3) is 0.286. The van der Waals surface area contributed by atoms with Gasteiger partial charge in [0.05, 0.1) is 23.7 Å². The van der Waals surface area contributed by atoms with Gasteiger partial charge < -0.3 is 10.6 Å². The molecule has 0 saturated heterocycles. The minimum absolute atomic E-state index is 0.0592. The number of anilines is 1. The zero-order valence-corrected chi connectivity index (χ0v) is 11.2. The molecule has 2 N–H and O–H groups in total. The molecule has 4 nitrogen and oxygen atoms in total. The summed E-state index contributed by atoms with van der Waals surface area (Å²) in [5.74, 6) is 0.0260. The van der Waals surface area contributed by atoms with Crippen molar-refractivity contribution in [2.24, 2.45) is 0 Å². The zero-order chi connectivity index (χ0) is 13.1. The van der Waals surface area contributed by atoms with E-state index in [0.717, 1.165) is 29.9 Å². The first kappa shape index (κ1) is 12.2. The number of carbonyl (C=O) groups excluding carboxylic acids is 1. The summed E-state index contributed by atoms with van der Waals surface area (Å²) < 4.78 is 0. The monoisotopic (exact) mass is 273 g/mol. The largest absolute Gasteiger partial charge is 0.385 e. The highest BCUT2D eigenvalue weighted by Crippen LogP contribution is 2.31. The molecular formula is C14H15N3OS. The highest BCUT2D eigenvalue weighted by atomic mass is 32.1. The van der Waals surface area contributed by atoms with Gasteiger partial charge in [0.1, 0.15) is 0 Å². The van der Waals surface area contributed by atoms with Crippen molar-refractivity contribution in [2.75, 3.05) is 11.9 Å². The summed E-state index contributed by atoms with van der Waals surface area (Å²) in [4.78, 5) is 16.5. The standard InChI is InChI=1S/C14H15N3OS/c18-14(16-7-10-8-19-9-17-10)12-5-6-15-13-4-2-1-3-11(12)13/h1-4,8-9,12,15H,5-7H2,(H,16,18). The molecule has 1 aromatic heterocycles. The summed E-state index contributed by atoms with van der Waals surface area (Å²) in [6, 6.07) is 8.01. The number of benzene rings is 1. The fourth-order valence-corrected chi connectivity index (χ4v) is 2.92. The molecule has 2 aromatic rings. The maximum Gasteiger partial charge on any atom is 0.228 e. The molecule has 1 unspecified atom stereocenters. The van der Waals surface area contributed by atoms with Gasteiger partial charge in [0.25, 0.3) is 0 Å². The van der Waals surface area contributed by atoms with Crippen LogP contribution >= 0.6 is 11.3 Å². The van der Waals surface area contributed by atoms with Crippen molar-refractivity contribution < 1.29 is 4.79 Å². The molecule has 1 aromatic carbocycles. The minimum atomic E-state index is -0.0592. The lowest BCUT2D eigenvalue weighted by molar-refractivity contribution is -0.122. The molecule has 0 aliphatic carbocycles. The lowest BCUT2D eigenvalue weighted by Gasteiger charge is -2.25. The third-order valence-corrected chi connectivity index (χ3v) is 3.96. The summed E-state index contributed by atoms with van der Waals surface area (Å²) in [6.45, 7) is 1.35. The molecule has 1 aliphatic heterocycles. The van der Waals surface area contributed by atoms with Crippen molar-refractivity contribution in [2.45, 2.75) is 18.9 Å². The number of carbonyl (C=O) groups is 1. The van der Waals surface area contributed by atoms with E-state index in [1.807, 2.05) is 29.6 Å². The van der Waals surface area contributed by atoms with E-state index in [1.165, 1.54) is 0 Å². The zero-order valence-electron chi connectivity index (χ0n) is 10.4. The molecule has 2 heterocycles. The van der Waals surface area contributed by atoms with Gasteiger partial charge >= 0.3 is 0 Å². The molecule has 3 rings (SSSR count). The Balaban J connectivity index is 1.71. The SMILES string of the molecule is O=C(NCc1cscn1)C1CCNc2ccccc21. The predicted molar refractivity (Wildman–Crippen MR) is 76.3 cm³/mol. The van der Waals surface area contributed by atoms with E-state index in [1.54, 1.807) is 16.8 Å². The molecule has 0 radical (unpaired) electrons. The van der Waals surface area contributed by atoms with E-state index in [0.29, 0.717) is 6.54 Å². The van der Waals surface area contributed by atoms with E-state index >= 15 is 0 Å². The average molecular weight is 273 g/mol. The Morgan fingerprint density at radius 1 is 1.47 bits per heavy atom. The third kappa shape index (κ3) is 2.61. The summed E-state index contributed by atoms with van der Waals surface area (Å²) in [5.41, 5.74) is 4.86. The molecule has 0 fully saturated rings. The fourth-order valence-electron chi connectivity index (χ4n) is 2.37. The highest BCUT2D eigenvalue weighted by molar-refractivity contribution is 7.07. The lowest BCUT2D eigenvalue weighted by Crippen LogP contribution is -2.32. The van der Waals surface area contributed by atoms with Gasteiger partial charge in [-0.3, -0.25) is 4.79 Å². The maximum absolute atomic E-state index is 12.3. The van der Waals surface area contributed by atoms with E-state index in [-0.39, 0.29) is 11.8 Å². The number of rotatable bonds is 3. The molecule has 1 amide bonds. The van der Waals surface area contributed by atoms with Crippen LogP contribution < -0.4 is 10.6 Å². The van der Waals surface area contributed by atoms with Crippen LogP contribution in [0.1, 0.15) is 23.6 Å². The van der Waals surface area contributed by atoms with Crippen LogP contribution in [0.15, 0.2) is 35.2 Å². The molecule has 0 spiro atoms. The van der Waals surface area contributed by atoms with E-state index in [2.05, 4.69) is 15.6 Å². The van der Waals surface area contributed by atoms with Crippen molar-refractivity contribution in [3.63, 3.8) is 0 Å². The second kappa shape index (κ2) is 5.40. The highest BCUT2D eigenvalue weighted by Gasteiger charge is 2.25. The first-order chi connectivity index (χ1) is 9.34. The van der Waals surface area contributed by atoms with E-state index in [4.69, 9.17) is 0 Å². The number of nitrogens with one attached hydrogen (secondary N) is 2. The summed E-state index contributed by atoms with van der Waals surface area (Å²) in [5, 5.41) is 8.25. The van der Waals surface area contributed by atoms with Crippen LogP contribution in [-0.4, -0.2) is 17.4 Å². The van der Waals surface area contributed by atoms with Gasteiger partial charge in [-0.2, -0.15) is 0 Å². The second-order valence-corrected chi connectivity index (χ2v) is 5.27. The van der Waals surface area contributed by atoms with E-state index in [9.17, 15) is 4.79 Å². The minimum Gasteiger partial charge on any atom is -0.385 e. The van der Waals surface area contributed by atoms with Gasteiger partial charge in [-0.25, -0.2) is 4.98 Å². The first-order valence-electron chi connectivity index (χ1n) is 6.32. The van der Waals surface area contributed by atoms with E-state index < -0.39 is 0 Å². The van der Waals surface area contributed by atoms with Gasteiger partial charge in [0.15, 0.2) is 0 Å². The Hall–Kier alpha value is -1.88. The Morgan fingerprint density at radius 3 is 3.21 bits per heavy atom. The van der Waals surface area contributed by atoms with Gasteiger partial charge in [0, 0.05) is 17.6 Å². The van der Waals surface area contributed by atoms with Crippen LogP contribution in [0.25, 0.3) is 0 Å². The number of nitrogens with zero attached hydrogens (tertiary/aromatic N) is 1. The first-order valence-corrected chi connectivity index (χ1v) is 7.26. The third-order valence-electron chi connectivity index (χ3n) is 3.33. The Bertz CT molecular complexity index is 568. The number of amides is 1. The maximum atomic E-state index is 12.3. The number of fused-ring (bicyclic) bond motifs is 1. The number of hydrogen-bond donors (Lipinski definition) is 2. The second-order valence-electron chi connectivity index (χ2n) is 4.55. The van der Waals surface area contributed by atoms with Gasteiger partial charge in [-0.1, -0.05) is 18.2 Å². The molecular weight excluding hydrogens is 258 g/mol. The molecule has 19 heavy (non-hydrogen) atoms. The van der Waals surface area contributed by atoms with Crippen molar-refractivity contribution in [1.29, 1.82) is 0 Å². The van der Waals surface area contributed by atoms with Crippen molar-refractivity contribution >= 4 is 22.9 Å². The van der Waals surface area contributed by atoms with Gasteiger partial charge in [-0.05, 0) is 18.1 Å². The Morgan fingerprint density at radius 2 is 2.37 bits per heavy atom. The van der Waals surface area contributed by atoms with Crippen LogP contribution in [0.2, 0.25) is 0 Å². The lowest BCUT2D eigenvalue weighted by atomic mass is 9.90. The van der Waals surface area contributed by atoms with Crippen molar-refractivity contribution in [3.8, 4) is 0 Å². The molecule has 98 valence electrons. The molecule has 5 heteroatoms. The Kier molecular flexibility index (Phi) is 3.46. The van der Waals surface area contributed by atoms with Crippen LogP contribution in [0.4, 0.5) is 5.69 Å². The summed E-state index contributed by atoms with van der Waals surface area (Å²) in [7, 11) is 0. The van der Waals surface area contributed by atoms with Crippen molar-refractivity contribution in [3.05, 3.63) is 46.4 Å². The van der Waals surface area contributed by atoms with Gasteiger partial charge in [0.2, 0.25) is 5.91 Å². The molecule has 1 atom stereocenters. The van der Waals surface area contributed by atoms with Crippen LogP contribution in [0.5, 0.6) is 0 Å². The number of thiazole rings is 1. The predicted octanol–water partition coefficient (Wildman–Crippen LogP) is 2.36. The summed E-state index contributed by atoms with van der Waals surface area (Å²) in [6.07, 6.45) is 0.833. The molecule has 0 saturated carbocycles. The van der Waals surface area contributed by atoms with Gasteiger partial charge in [-0.15, -0.1) is 11.3 Å². The molecule has 1 aliphatic rings. The number of aromatic nitrogens is 1. The Labute approximate surface area is 115 Å². The van der Waals surface area contributed by atoms with Crippen molar-refractivity contribution in [1.82, 2.24) is 10.3 Å². The van der Waals surface area contributed by atoms with Crippen LogP contribution in [-0.2, 0) is 11.3 Å².